The van der Waals surface area contributed by atoms with Crippen LogP contribution >= 0.6 is 11.3 Å². The lowest BCUT2D eigenvalue weighted by molar-refractivity contribution is -0.120. The van der Waals surface area contributed by atoms with E-state index in [4.69, 9.17) is 4.52 Å². The average Bonchev–Trinajstić information content (AvgIpc) is 3.45. The fourth-order valence-corrected chi connectivity index (χ4v) is 7.61. The van der Waals surface area contributed by atoms with Gasteiger partial charge in [-0.3, -0.25) is 4.79 Å². The summed E-state index contributed by atoms with van der Waals surface area (Å²) in [6.07, 6.45) is 4.27. The molecule has 8 nitrogen and oxygen atoms in total. The van der Waals surface area contributed by atoms with Gasteiger partial charge in [0.2, 0.25) is 17.6 Å². The lowest BCUT2D eigenvalue weighted by Gasteiger charge is -2.30. The van der Waals surface area contributed by atoms with Crippen LogP contribution in [0.1, 0.15) is 60.6 Å². The topological polar surface area (TPSA) is 105 Å². The quantitative estimate of drug-likeness (QED) is 0.495. The number of sulfonamides is 1. The molecular formula is C25H30N4O4S2. The minimum atomic E-state index is -3.64. The largest absolute Gasteiger partial charge is 0.339 e. The zero-order valence-electron chi connectivity index (χ0n) is 20.2. The standard InChI is InChI=1S/C25H30N4O4S2/c1-15-11-16(2)22(17(3)12-15)26-24(30)18-7-9-29(10-8-18)35(31,32)21-13-20(14-34-21)23-27-25(33-28-23)19-5-4-6-19/h11-14,18-19H,4-10H2,1-3H3,(H,26,30). The van der Waals surface area contributed by atoms with E-state index >= 15 is 0 Å². The third kappa shape index (κ3) is 4.79. The highest BCUT2D eigenvalue weighted by atomic mass is 32.2. The van der Waals surface area contributed by atoms with Gasteiger partial charge >= 0.3 is 0 Å². The number of thiophene rings is 1. The van der Waals surface area contributed by atoms with Gasteiger partial charge in [-0.05, 0) is 63.6 Å². The van der Waals surface area contributed by atoms with Gasteiger partial charge in [0.05, 0.1) is 0 Å². The van der Waals surface area contributed by atoms with E-state index in [0.717, 1.165) is 46.6 Å². The number of aromatic nitrogens is 2. The summed E-state index contributed by atoms with van der Waals surface area (Å²) in [6.45, 7) is 6.64. The van der Waals surface area contributed by atoms with Gasteiger partial charge < -0.3 is 9.84 Å². The monoisotopic (exact) mass is 514 g/mol. The first-order chi connectivity index (χ1) is 16.7. The summed E-state index contributed by atoms with van der Waals surface area (Å²) in [6, 6.07) is 5.72. The zero-order chi connectivity index (χ0) is 24.7. The minimum absolute atomic E-state index is 0.0464. The Balaban J connectivity index is 1.22. The highest BCUT2D eigenvalue weighted by molar-refractivity contribution is 7.91. The molecular weight excluding hydrogens is 484 g/mol. The van der Waals surface area contributed by atoms with Crippen LogP contribution in [0.25, 0.3) is 11.4 Å². The van der Waals surface area contributed by atoms with Crippen molar-refractivity contribution < 1.29 is 17.7 Å². The SMILES string of the molecule is Cc1cc(C)c(NC(=O)C2CCN(S(=O)(=O)c3cc(-c4noc(C5CCC5)n4)cs3)CC2)c(C)c1. The van der Waals surface area contributed by atoms with Crippen LogP contribution in [-0.2, 0) is 14.8 Å². The molecule has 1 N–H and O–H groups in total. The van der Waals surface area contributed by atoms with Gasteiger partial charge in [0.15, 0.2) is 0 Å². The number of piperidine rings is 1. The summed E-state index contributed by atoms with van der Waals surface area (Å²) in [4.78, 5) is 17.4. The first kappa shape index (κ1) is 24.1. The summed E-state index contributed by atoms with van der Waals surface area (Å²) < 4.78 is 33.6. The van der Waals surface area contributed by atoms with Gasteiger partial charge in [-0.15, -0.1) is 11.3 Å². The number of benzene rings is 1. The van der Waals surface area contributed by atoms with Gasteiger partial charge in [0.1, 0.15) is 4.21 Å². The second-order valence-corrected chi connectivity index (χ2v) is 12.8. The van der Waals surface area contributed by atoms with Crippen LogP contribution in [0.5, 0.6) is 0 Å². The van der Waals surface area contributed by atoms with E-state index in [0.29, 0.717) is 49.1 Å². The molecule has 1 aliphatic heterocycles. The van der Waals surface area contributed by atoms with Crippen LogP contribution in [0.15, 0.2) is 32.3 Å². The first-order valence-electron chi connectivity index (χ1n) is 12.0. The molecule has 1 aliphatic carbocycles. The van der Waals surface area contributed by atoms with Crippen molar-refractivity contribution >= 4 is 33.0 Å². The van der Waals surface area contributed by atoms with Crippen LogP contribution in [0, 0.1) is 26.7 Å². The third-order valence-electron chi connectivity index (χ3n) is 7.07. The lowest BCUT2D eigenvalue weighted by Crippen LogP contribution is -2.41. The molecule has 2 fully saturated rings. The van der Waals surface area contributed by atoms with Crippen molar-refractivity contribution in [1.82, 2.24) is 14.4 Å². The Labute approximate surface area is 209 Å². The van der Waals surface area contributed by atoms with E-state index in [1.165, 1.54) is 10.7 Å². The summed E-state index contributed by atoms with van der Waals surface area (Å²) >= 11 is 1.16. The van der Waals surface area contributed by atoms with Crippen molar-refractivity contribution in [2.75, 3.05) is 18.4 Å². The maximum Gasteiger partial charge on any atom is 0.252 e. The van der Waals surface area contributed by atoms with Crippen molar-refractivity contribution in [2.24, 2.45) is 5.92 Å². The Hall–Kier alpha value is -2.56. The smallest absolute Gasteiger partial charge is 0.252 e. The predicted molar refractivity (Wildman–Crippen MR) is 135 cm³/mol. The Morgan fingerprint density at radius 1 is 1.09 bits per heavy atom. The molecule has 0 radical (unpaired) electrons. The Kier molecular flexibility index (Phi) is 6.54. The molecule has 3 heterocycles. The number of nitrogens with one attached hydrogen (secondary N) is 1. The van der Waals surface area contributed by atoms with Gasteiger partial charge in [0.25, 0.3) is 10.0 Å². The Morgan fingerprint density at radius 3 is 2.40 bits per heavy atom. The Bertz CT molecular complexity index is 1330. The van der Waals surface area contributed by atoms with Crippen molar-refractivity contribution in [3.63, 3.8) is 0 Å². The number of hydrogen-bond acceptors (Lipinski definition) is 7. The normalized spacial score (nSPS) is 17.9. The number of rotatable bonds is 6. The van der Waals surface area contributed by atoms with Gasteiger partial charge in [-0.25, -0.2) is 8.42 Å². The van der Waals surface area contributed by atoms with Crippen molar-refractivity contribution in [1.29, 1.82) is 0 Å². The van der Waals surface area contributed by atoms with Gasteiger partial charge in [-0.2, -0.15) is 9.29 Å². The highest BCUT2D eigenvalue weighted by Crippen LogP contribution is 2.37. The zero-order valence-corrected chi connectivity index (χ0v) is 21.8. The van der Waals surface area contributed by atoms with Crippen LogP contribution in [-0.4, -0.2) is 41.9 Å². The Morgan fingerprint density at radius 2 is 1.77 bits per heavy atom. The molecule has 1 aromatic carbocycles. The molecule has 0 spiro atoms. The molecule has 1 saturated heterocycles. The molecule has 0 bridgehead atoms. The van der Waals surface area contributed by atoms with Gasteiger partial charge in [-0.1, -0.05) is 29.3 Å². The number of hydrogen-bond donors (Lipinski definition) is 1. The summed E-state index contributed by atoms with van der Waals surface area (Å²) in [7, 11) is -3.64. The van der Waals surface area contributed by atoms with Crippen molar-refractivity contribution in [3.05, 3.63) is 46.2 Å². The highest BCUT2D eigenvalue weighted by Gasteiger charge is 2.34. The van der Waals surface area contributed by atoms with E-state index in [-0.39, 0.29) is 16.0 Å². The third-order valence-corrected chi connectivity index (χ3v) is 10.4. The first-order valence-corrected chi connectivity index (χ1v) is 14.4. The maximum atomic E-state index is 13.3. The van der Waals surface area contributed by atoms with Crippen LogP contribution in [0.2, 0.25) is 0 Å². The fraction of sp³-hybridized carbons (Fsp3) is 0.480. The lowest BCUT2D eigenvalue weighted by atomic mass is 9.85. The molecule has 1 amide bonds. The minimum Gasteiger partial charge on any atom is -0.339 e. The average molecular weight is 515 g/mol. The van der Waals surface area contributed by atoms with Crippen molar-refractivity contribution in [2.45, 2.75) is 63.0 Å². The maximum absolute atomic E-state index is 13.3. The van der Waals surface area contributed by atoms with E-state index in [9.17, 15) is 13.2 Å². The molecule has 1 saturated carbocycles. The molecule has 2 aromatic heterocycles. The van der Waals surface area contributed by atoms with Gasteiger partial charge in [0, 0.05) is 41.6 Å². The molecule has 0 atom stereocenters. The summed E-state index contributed by atoms with van der Waals surface area (Å²) in [5.74, 6) is 1.13. The molecule has 35 heavy (non-hydrogen) atoms. The number of carbonyl (C=O) groups excluding carboxylic acids is 1. The molecule has 10 heteroatoms. The van der Waals surface area contributed by atoms with E-state index in [2.05, 4.69) is 27.6 Å². The molecule has 2 aliphatic rings. The van der Waals surface area contributed by atoms with Crippen LogP contribution < -0.4 is 5.32 Å². The molecule has 3 aromatic rings. The van der Waals surface area contributed by atoms with Crippen LogP contribution in [0.4, 0.5) is 5.69 Å². The van der Waals surface area contributed by atoms with E-state index in [1.807, 2.05) is 20.8 Å². The second-order valence-electron chi connectivity index (χ2n) is 9.68. The summed E-state index contributed by atoms with van der Waals surface area (Å²) in [5.41, 5.74) is 4.73. The van der Waals surface area contributed by atoms with Crippen molar-refractivity contribution in [3.8, 4) is 11.4 Å². The fourth-order valence-electron chi connectivity index (χ4n) is 4.83. The number of nitrogens with zero attached hydrogens (tertiary/aromatic N) is 3. The van der Waals surface area contributed by atoms with E-state index < -0.39 is 10.0 Å². The molecule has 0 unspecified atom stereocenters. The summed E-state index contributed by atoms with van der Waals surface area (Å²) in [5, 5.41) is 8.88. The van der Waals surface area contributed by atoms with E-state index in [1.54, 1.807) is 11.4 Å². The number of aryl methyl sites for hydroxylation is 3. The number of anilines is 1. The van der Waals surface area contributed by atoms with Crippen LogP contribution in [0.3, 0.4) is 0 Å². The molecule has 5 rings (SSSR count). The second kappa shape index (κ2) is 9.48. The predicted octanol–water partition coefficient (Wildman–Crippen LogP) is 5.03. The molecule has 186 valence electrons. The number of amides is 1. The number of carbonyl (C=O) groups is 1.